The molecule has 3 fully saturated rings. The first kappa shape index (κ1) is 16.4. The molecule has 5 heteroatoms. The van der Waals surface area contributed by atoms with Gasteiger partial charge in [-0.25, -0.2) is 0 Å². The number of rotatable bonds is 2. The number of nitrogens with two attached hydrogens (primary N) is 1. The van der Waals surface area contributed by atoms with Crippen molar-refractivity contribution in [2.45, 2.75) is 57.0 Å². The van der Waals surface area contributed by atoms with E-state index in [2.05, 4.69) is 5.32 Å². The van der Waals surface area contributed by atoms with Crippen molar-refractivity contribution in [3.8, 4) is 0 Å². The van der Waals surface area contributed by atoms with Gasteiger partial charge in [-0.15, -0.1) is 12.4 Å². The van der Waals surface area contributed by atoms with Gasteiger partial charge in [0.25, 0.3) is 0 Å². The highest BCUT2D eigenvalue weighted by atomic mass is 35.5. The van der Waals surface area contributed by atoms with Crippen molar-refractivity contribution >= 4 is 30.1 Å². The summed E-state index contributed by atoms with van der Waals surface area (Å²) in [5.41, 5.74) is 6.30. The molecule has 3 nitrogen and oxygen atoms in total. The van der Waals surface area contributed by atoms with Gasteiger partial charge < -0.3 is 11.1 Å². The van der Waals surface area contributed by atoms with Crippen molar-refractivity contribution in [1.29, 1.82) is 0 Å². The van der Waals surface area contributed by atoms with Crippen molar-refractivity contribution in [3.05, 3.63) is 0 Å². The molecule has 2 unspecified atom stereocenters. The highest BCUT2D eigenvalue weighted by Crippen LogP contribution is 2.42. The zero-order valence-electron chi connectivity index (χ0n) is 12.1. The van der Waals surface area contributed by atoms with Crippen molar-refractivity contribution in [1.82, 2.24) is 5.32 Å². The fourth-order valence-corrected chi connectivity index (χ4v) is 5.27. The lowest BCUT2D eigenvalue weighted by Gasteiger charge is -2.43. The van der Waals surface area contributed by atoms with Gasteiger partial charge in [0.05, 0.1) is 0 Å². The number of hydrogen-bond acceptors (Lipinski definition) is 3. The molecule has 0 aromatic rings. The van der Waals surface area contributed by atoms with E-state index in [1.165, 1.54) is 30.8 Å². The van der Waals surface area contributed by atoms with E-state index < -0.39 is 0 Å². The minimum Gasteiger partial charge on any atom is -0.353 e. The number of carbonyl (C=O) groups is 1. The van der Waals surface area contributed by atoms with Crippen LogP contribution in [0.15, 0.2) is 0 Å². The Morgan fingerprint density at radius 1 is 1.05 bits per heavy atom. The average Bonchev–Trinajstić information content (AvgIpc) is 2.39. The van der Waals surface area contributed by atoms with Gasteiger partial charge in [0.15, 0.2) is 0 Å². The van der Waals surface area contributed by atoms with Gasteiger partial charge in [0, 0.05) is 18.0 Å². The number of fused-ring (bicyclic) bond motifs is 2. The molecule has 3 aliphatic rings. The van der Waals surface area contributed by atoms with Crippen LogP contribution >= 0.6 is 24.2 Å². The predicted octanol–water partition coefficient (Wildman–Crippen LogP) is 2.57. The van der Waals surface area contributed by atoms with E-state index in [-0.39, 0.29) is 18.3 Å². The zero-order valence-corrected chi connectivity index (χ0v) is 13.7. The van der Waals surface area contributed by atoms with Gasteiger partial charge in [-0.3, -0.25) is 4.79 Å². The summed E-state index contributed by atoms with van der Waals surface area (Å²) in [6.45, 7) is 0. The number of thioether (sulfide) groups is 1. The molecule has 1 heterocycles. The van der Waals surface area contributed by atoms with Crippen molar-refractivity contribution < 1.29 is 4.79 Å². The number of carbonyl (C=O) groups excluding carboxylic acids is 1. The average molecular weight is 319 g/mol. The molecule has 0 aromatic heterocycles. The Morgan fingerprint density at radius 3 is 2.25 bits per heavy atom. The van der Waals surface area contributed by atoms with Crippen LogP contribution in [0.4, 0.5) is 0 Å². The Bertz CT molecular complexity index is 322. The molecule has 0 spiro atoms. The molecule has 2 saturated carbocycles. The minimum absolute atomic E-state index is 0. The smallest absolute Gasteiger partial charge is 0.223 e. The van der Waals surface area contributed by atoms with Crippen LogP contribution in [0, 0.1) is 17.8 Å². The Morgan fingerprint density at radius 2 is 1.65 bits per heavy atom. The monoisotopic (exact) mass is 318 g/mol. The van der Waals surface area contributed by atoms with E-state index in [0.29, 0.717) is 29.8 Å². The zero-order chi connectivity index (χ0) is 13.2. The third-order valence-electron chi connectivity index (χ3n) is 5.35. The molecule has 2 aliphatic carbocycles. The van der Waals surface area contributed by atoms with Crippen LogP contribution in [0.1, 0.15) is 44.9 Å². The summed E-state index contributed by atoms with van der Waals surface area (Å²) in [6, 6.07) is 0.799. The second-order valence-electron chi connectivity index (χ2n) is 6.59. The molecule has 20 heavy (non-hydrogen) atoms. The van der Waals surface area contributed by atoms with E-state index >= 15 is 0 Å². The van der Waals surface area contributed by atoms with Crippen LogP contribution in [0.3, 0.4) is 0 Å². The maximum atomic E-state index is 12.4. The Labute approximate surface area is 132 Å². The van der Waals surface area contributed by atoms with Crippen LogP contribution in [0.5, 0.6) is 0 Å². The molecular formula is C15H27ClN2OS. The van der Waals surface area contributed by atoms with Crippen LogP contribution < -0.4 is 11.1 Å². The molecule has 0 radical (unpaired) electrons. The molecular weight excluding hydrogens is 292 g/mol. The summed E-state index contributed by atoms with van der Waals surface area (Å²) in [7, 11) is 0. The SMILES string of the molecule is Cl.NC1C2CCCC1CC(C(=O)NC1CCSCC1)C2. The van der Waals surface area contributed by atoms with Crippen molar-refractivity contribution in [2.24, 2.45) is 23.5 Å². The van der Waals surface area contributed by atoms with Gasteiger partial charge in [-0.2, -0.15) is 11.8 Å². The lowest BCUT2D eigenvalue weighted by Crippen LogP contribution is -2.50. The van der Waals surface area contributed by atoms with Crippen molar-refractivity contribution in [3.63, 3.8) is 0 Å². The fraction of sp³-hybridized carbons (Fsp3) is 0.933. The summed E-state index contributed by atoms with van der Waals surface area (Å²) in [6.07, 6.45) is 8.15. The molecule has 3 rings (SSSR count). The van der Waals surface area contributed by atoms with E-state index in [9.17, 15) is 4.79 Å². The highest BCUT2D eigenvalue weighted by Gasteiger charge is 2.40. The van der Waals surface area contributed by atoms with E-state index in [0.717, 1.165) is 25.7 Å². The lowest BCUT2D eigenvalue weighted by atomic mass is 9.65. The number of halogens is 1. The number of hydrogen-bond donors (Lipinski definition) is 2. The normalized spacial score (nSPS) is 37.9. The summed E-state index contributed by atoms with van der Waals surface area (Å²) in [4.78, 5) is 12.4. The van der Waals surface area contributed by atoms with Gasteiger partial charge in [-0.1, -0.05) is 6.42 Å². The summed E-state index contributed by atoms with van der Waals surface area (Å²) in [5, 5.41) is 3.30. The lowest BCUT2D eigenvalue weighted by molar-refractivity contribution is -0.128. The molecule has 1 amide bonds. The molecule has 0 aromatic carbocycles. The highest BCUT2D eigenvalue weighted by molar-refractivity contribution is 7.99. The third-order valence-corrected chi connectivity index (χ3v) is 6.40. The molecule has 116 valence electrons. The predicted molar refractivity (Wildman–Crippen MR) is 87.3 cm³/mol. The van der Waals surface area contributed by atoms with Crippen LogP contribution in [0.2, 0.25) is 0 Å². The van der Waals surface area contributed by atoms with E-state index in [1.807, 2.05) is 11.8 Å². The van der Waals surface area contributed by atoms with Gasteiger partial charge >= 0.3 is 0 Å². The topological polar surface area (TPSA) is 55.1 Å². The fourth-order valence-electron chi connectivity index (χ4n) is 4.16. The first-order chi connectivity index (χ1) is 9.24. The molecule has 1 saturated heterocycles. The number of nitrogens with one attached hydrogen (secondary N) is 1. The second kappa shape index (κ2) is 7.37. The summed E-state index contributed by atoms with van der Waals surface area (Å²) >= 11 is 2.01. The molecule has 1 aliphatic heterocycles. The summed E-state index contributed by atoms with van der Waals surface area (Å²) < 4.78 is 0. The molecule has 3 N–H and O–H groups in total. The largest absolute Gasteiger partial charge is 0.353 e. The van der Waals surface area contributed by atoms with E-state index in [1.54, 1.807) is 0 Å². The maximum absolute atomic E-state index is 12.4. The van der Waals surface area contributed by atoms with Crippen LogP contribution in [-0.2, 0) is 4.79 Å². The standard InChI is InChI=1S/C15H26N2OS.ClH/c16-14-10-2-1-3-11(14)9-12(8-10)15(18)17-13-4-6-19-7-5-13;/h10-14H,1-9,16H2,(H,17,18);1H. The maximum Gasteiger partial charge on any atom is 0.223 e. The van der Waals surface area contributed by atoms with Crippen LogP contribution in [0.25, 0.3) is 0 Å². The molecule has 2 atom stereocenters. The van der Waals surface area contributed by atoms with Crippen LogP contribution in [-0.4, -0.2) is 29.5 Å². The first-order valence-electron chi connectivity index (χ1n) is 7.87. The Hall–Kier alpha value is 0.0700. The summed E-state index contributed by atoms with van der Waals surface area (Å²) in [5.74, 6) is 4.16. The molecule has 2 bridgehead atoms. The van der Waals surface area contributed by atoms with Gasteiger partial charge in [0.1, 0.15) is 0 Å². The second-order valence-corrected chi connectivity index (χ2v) is 7.82. The van der Waals surface area contributed by atoms with Gasteiger partial charge in [-0.05, 0) is 61.9 Å². The third kappa shape index (κ3) is 3.63. The number of amides is 1. The Balaban J connectivity index is 0.00000147. The quantitative estimate of drug-likeness (QED) is 0.822. The first-order valence-corrected chi connectivity index (χ1v) is 9.03. The van der Waals surface area contributed by atoms with Crippen molar-refractivity contribution in [2.75, 3.05) is 11.5 Å². The minimum atomic E-state index is 0. The van der Waals surface area contributed by atoms with Gasteiger partial charge in [0.2, 0.25) is 5.91 Å². The Kier molecular flexibility index (Phi) is 6.06. The van der Waals surface area contributed by atoms with E-state index in [4.69, 9.17) is 5.73 Å².